The summed E-state index contributed by atoms with van der Waals surface area (Å²) in [6.45, 7) is 1.45. The van der Waals surface area contributed by atoms with Crippen molar-refractivity contribution in [2.75, 3.05) is 13.2 Å². The summed E-state index contributed by atoms with van der Waals surface area (Å²) in [7, 11) is 0. The second-order valence-electron chi connectivity index (χ2n) is 2.88. The van der Waals surface area contributed by atoms with Crippen LogP contribution in [0.25, 0.3) is 0 Å². The SMILES string of the molecule is NNCNCCc1ccc(Cl)c(Cl)c1. The molecule has 1 aromatic rings. The Labute approximate surface area is 93.5 Å². The lowest BCUT2D eigenvalue weighted by Crippen LogP contribution is -2.34. The highest BCUT2D eigenvalue weighted by molar-refractivity contribution is 6.42. The molecule has 0 saturated carbocycles. The van der Waals surface area contributed by atoms with Crippen LogP contribution in [0.15, 0.2) is 18.2 Å². The quantitative estimate of drug-likeness (QED) is 0.313. The molecule has 0 aliphatic rings. The summed E-state index contributed by atoms with van der Waals surface area (Å²) >= 11 is 11.7. The van der Waals surface area contributed by atoms with Crippen molar-refractivity contribution in [3.63, 3.8) is 0 Å². The van der Waals surface area contributed by atoms with Gasteiger partial charge in [-0.15, -0.1) is 0 Å². The van der Waals surface area contributed by atoms with Gasteiger partial charge in [-0.3, -0.25) is 5.84 Å². The zero-order chi connectivity index (χ0) is 10.4. The number of hydrazine groups is 1. The van der Waals surface area contributed by atoms with Gasteiger partial charge in [0, 0.05) is 6.54 Å². The lowest BCUT2D eigenvalue weighted by Gasteiger charge is -2.04. The topological polar surface area (TPSA) is 50.1 Å². The zero-order valence-electron chi connectivity index (χ0n) is 7.69. The first-order valence-electron chi connectivity index (χ1n) is 4.32. The molecule has 4 N–H and O–H groups in total. The predicted molar refractivity (Wildman–Crippen MR) is 60.4 cm³/mol. The van der Waals surface area contributed by atoms with Crippen LogP contribution in [0.5, 0.6) is 0 Å². The van der Waals surface area contributed by atoms with Gasteiger partial charge in [0.15, 0.2) is 0 Å². The molecular formula is C9H13Cl2N3. The molecule has 0 heterocycles. The summed E-state index contributed by atoms with van der Waals surface area (Å²) in [5.41, 5.74) is 3.67. The highest BCUT2D eigenvalue weighted by atomic mass is 35.5. The number of hydrogen-bond acceptors (Lipinski definition) is 3. The van der Waals surface area contributed by atoms with Crippen LogP contribution < -0.4 is 16.6 Å². The highest BCUT2D eigenvalue weighted by Gasteiger charge is 1.98. The zero-order valence-corrected chi connectivity index (χ0v) is 9.20. The monoisotopic (exact) mass is 233 g/mol. The van der Waals surface area contributed by atoms with Gasteiger partial charge in [-0.2, -0.15) is 0 Å². The van der Waals surface area contributed by atoms with Crippen LogP contribution in [0.4, 0.5) is 0 Å². The summed E-state index contributed by atoms with van der Waals surface area (Å²) in [4.78, 5) is 0. The van der Waals surface area contributed by atoms with Gasteiger partial charge < -0.3 is 5.32 Å². The molecular weight excluding hydrogens is 221 g/mol. The number of benzene rings is 1. The Morgan fingerprint density at radius 1 is 1.21 bits per heavy atom. The molecule has 14 heavy (non-hydrogen) atoms. The molecule has 1 aromatic carbocycles. The fourth-order valence-electron chi connectivity index (χ4n) is 1.09. The second-order valence-corrected chi connectivity index (χ2v) is 3.69. The second kappa shape index (κ2) is 6.22. The first-order valence-corrected chi connectivity index (χ1v) is 5.07. The van der Waals surface area contributed by atoms with Crippen molar-refractivity contribution in [2.24, 2.45) is 5.84 Å². The summed E-state index contributed by atoms with van der Waals surface area (Å²) in [6, 6.07) is 5.65. The van der Waals surface area contributed by atoms with E-state index >= 15 is 0 Å². The Morgan fingerprint density at radius 2 is 2.00 bits per heavy atom. The van der Waals surface area contributed by atoms with Crippen molar-refractivity contribution in [1.29, 1.82) is 0 Å². The van der Waals surface area contributed by atoms with Crippen molar-refractivity contribution in [3.05, 3.63) is 33.8 Å². The van der Waals surface area contributed by atoms with Crippen LogP contribution >= 0.6 is 23.2 Å². The van der Waals surface area contributed by atoms with E-state index in [1.807, 2.05) is 12.1 Å². The van der Waals surface area contributed by atoms with Crippen LogP contribution in [-0.2, 0) is 6.42 Å². The third-order valence-corrected chi connectivity index (χ3v) is 2.54. The van der Waals surface area contributed by atoms with Crippen molar-refractivity contribution in [1.82, 2.24) is 10.7 Å². The van der Waals surface area contributed by atoms with E-state index in [4.69, 9.17) is 29.0 Å². The molecule has 78 valence electrons. The van der Waals surface area contributed by atoms with Crippen LogP contribution in [-0.4, -0.2) is 13.2 Å². The molecule has 0 unspecified atom stereocenters. The van der Waals surface area contributed by atoms with E-state index < -0.39 is 0 Å². The molecule has 1 rings (SSSR count). The Kier molecular flexibility index (Phi) is 5.22. The number of nitrogens with one attached hydrogen (secondary N) is 2. The maximum atomic E-state index is 5.87. The number of hydrogen-bond donors (Lipinski definition) is 3. The van der Waals surface area contributed by atoms with Gasteiger partial charge in [0.05, 0.1) is 16.7 Å². The van der Waals surface area contributed by atoms with Gasteiger partial charge in [0.1, 0.15) is 0 Å². The van der Waals surface area contributed by atoms with Crippen LogP contribution in [0.3, 0.4) is 0 Å². The van der Waals surface area contributed by atoms with Gasteiger partial charge in [-0.1, -0.05) is 29.3 Å². The average Bonchev–Trinajstić information content (AvgIpc) is 2.18. The average molecular weight is 234 g/mol. The van der Waals surface area contributed by atoms with E-state index in [1.54, 1.807) is 6.07 Å². The summed E-state index contributed by atoms with van der Waals surface area (Å²) in [6.07, 6.45) is 0.901. The summed E-state index contributed by atoms with van der Waals surface area (Å²) in [5.74, 6) is 5.10. The first-order chi connectivity index (χ1) is 6.74. The lowest BCUT2D eigenvalue weighted by atomic mass is 10.1. The van der Waals surface area contributed by atoms with Crippen molar-refractivity contribution in [2.45, 2.75) is 6.42 Å². The highest BCUT2D eigenvalue weighted by Crippen LogP contribution is 2.22. The van der Waals surface area contributed by atoms with E-state index in [9.17, 15) is 0 Å². The molecule has 0 radical (unpaired) electrons. The smallest absolute Gasteiger partial charge is 0.0595 e. The molecule has 0 bridgehead atoms. The molecule has 0 fully saturated rings. The van der Waals surface area contributed by atoms with Crippen molar-refractivity contribution < 1.29 is 0 Å². The van der Waals surface area contributed by atoms with Gasteiger partial charge >= 0.3 is 0 Å². The fourth-order valence-corrected chi connectivity index (χ4v) is 1.41. The maximum Gasteiger partial charge on any atom is 0.0595 e. The van der Waals surface area contributed by atoms with Gasteiger partial charge in [0.25, 0.3) is 0 Å². The molecule has 0 saturated heterocycles. The van der Waals surface area contributed by atoms with Gasteiger partial charge in [0.2, 0.25) is 0 Å². The van der Waals surface area contributed by atoms with E-state index in [-0.39, 0.29) is 0 Å². The third kappa shape index (κ3) is 3.82. The van der Waals surface area contributed by atoms with E-state index in [0.717, 1.165) is 18.5 Å². The van der Waals surface area contributed by atoms with Crippen molar-refractivity contribution >= 4 is 23.2 Å². The lowest BCUT2D eigenvalue weighted by molar-refractivity contribution is 0.602. The Morgan fingerprint density at radius 3 is 2.64 bits per heavy atom. The number of nitrogens with two attached hydrogens (primary N) is 1. The molecule has 0 atom stereocenters. The van der Waals surface area contributed by atoms with Gasteiger partial charge in [-0.25, -0.2) is 5.43 Å². The number of halogens is 2. The van der Waals surface area contributed by atoms with E-state index in [1.165, 1.54) is 0 Å². The molecule has 0 amide bonds. The Hall–Kier alpha value is -0.320. The Balaban J connectivity index is 2.39. The van der Waals surface area contributed by atoms with E-state index in [2.05, 4.69) is 10.7 Å². The molecule has 0 aliphatic carbocycles. The van der Waals surface area contributed by atoms with Gasteiger partial charge in [-0.05, 0) is 24.1 Å². The maximum absolute atomic E-state index is 5.87. The Bertz CT molecular complexity index is 291. The van der Waals surface area contributed by atoms with Crippen LogP contribution in [0.2, 0.25) is 10.0 Å². The minimum Gasteiger partial charge on any atom is -0.303 e. The molecule has 0 aromatic heterocycles. The largest absolute Gasteiger partial charge is 0.303 e. The molecule has 3 nitrogen and oxygen atoms in total. The van der Waals surface area contributed by atoms with Crippen LogP contribution in [0.1, 0.15) is 5.56 Å². The summed E-state index contributed by atoms with van der Waals surface area (Å²) < 4.78 is 0. The van der Waals surface area contributed by atoms with E-state index in [0.29, 0.717) is 16.7 Å². The fraction of sp³-hybridized carbons (Fsp3) is 0.333. The predicted octanol–water partition coefficient (Wildman–Crippen LogP) is 1.55. The third-order valence-electron chi connectivity index (χ3n) is 1.80. The standard InChI is InChI=1S/C9H13Cl2N3/c10-8-2-1-7(5-9(8)11)3-4-13-6-14-12/h1-2,5,13-14H,3-4,6,12H2. The van der Waals surface area contributed by atoms with Crippen LogP contribution in [0, 0.1) is 0 Å². The minimum absolute atomic E-state index is 0.590. The molecule has 0 spiro atoms. The summed E-state index contributed by atoms with van der Waals surface area (Å²) in [5, 5.41) is 4.29. The molecule has 5 heteroatoms. The first kappa shape index (κ1) is 11.8. The molecule has 0 aliphatic heterocycles. The van der Waals surface area contributed by atoms with Crippen molar-refractivity contribution in [3.8, 4) is 0 Å². The normalized spacial score (nSPS) is 10.5. The number of rotatable bonds is 5. The minimum atomic E-state index is 0.590.